The molecule has 6 rings (SSSR count). The second-order valence-corrected chi connectivity index (χ2v) is 10.3. The molecule has 4 heterocycles. The van der Waals surface area contributed by atoms with Crippen molar-refractivity contribution in [3.05, 3.63) is 84.2 Å². The Hall–Kier alpha value is -3.74. The minimum atomic E-state index is 0.993. The maximum atomic E-state index is 4.67. The highest BCUT2D eigenvalue weighted by atomic mass is 15.2. The van der Waals surface area contributed by atoms with E-state index in [1.807, 2.05) is 12.4 Å². The molecule has 2 saturated heterocycles. The zero-order chi connectivity index (χ0) is 25.9. The molecule has 0 radical (unpaired) electrons. The lowest BCUT2D eigenvalue weighted by Crippen LogP contribution is -2.43. The molecule has 6 nitrogen and oxygen atoms in total. The maximum Gasteiger partial charge on any atom is 0.129 e. The van der Waals surface area contributed by atoms with E-state index in [0.29, 0.717) is 0 Å². The third-order valence-electron chi connectivity index (χ3n) is 7.80. The molecule has 38 heavy (non-hydrogen) atoms. The Bertz CT molecular complexity index is 1310. The highest BCUT2D eigenvalue weighted by molar-refractivity contribution is 5.81. The number of anilines is 2. The molecule has 0 bridgehead atoms. The largest absolute Gasteiger partial charge is 0.354 e. The zero-order valence-corrected chi connectivity index (χ0v) is 22.4. The molecule has 6 heteroatoms. The monoisotopic (exact) mass is 504 g/mol. The molecule has 2 aliphatic heterocycles. The standard InChI is InChI=1S/C32H36N6/c1-23-3-5-25(27-7-9-35-31(21-27)37-15-11-33-12-16-37)19-29(23)30-20-26(6-4-24(30)2)28-8-10-36-32(22-28)38-17-13-34-14-18-38/h3-10,19-22,33-34H,11-18H2,1-2H3. The van der Waals surface area contributed by atoms with Crippen LogP contribution in [0.2, 0.25) is 0 Å². The number of nitrogens with zero attached hydrogens (tertiary/aromatic N) is 4. The fourth-order valence-electron chi connectivity index (χ4n) is 5.51. The highest BCUT2D eigenvalue weighted by Crippen LogP contribution is 2.35. The van der Waals surface area contributed by atoms with Crippen molar-refractivity contribution in [2.24, 2.45) is 0 Å². The zero-order valence-electron chi connectivity index (χ0n) is 22.4. The van der Waals surface area contributed by atoms with Gasteiger partial charge in [-0.15, -0.1) is 0 Å². The summed E-state index contributed by atoms with van der Waals surface area (Å²) in [5.41, 5.74) is 9.97. The van der Waals surface area contributed by atoms with Crippen molar-refractivity contribution in [2.45, 2.75) is 13.8 Å². The molecule has 2 N–H and O–H groups in total. The summed E-state index contributed by atoms with van der Waals surface area (Å²) in [6.45, 7) is 12.4. The normalized spacial score (nSPS) is 16.1. The Labute approximate surface area is 225 Å². The van der Waals surface area contributed by atoms with Gasteiger partial charge in [-0.25, -0.2) is 9.97 Å². The van der Waals surface area contributed by atoms with E-state index >= 15 is 0 Å². The number of benzene rings is 2. The fourth-order valence-corrected chi connectivity index (χ4v) is 5.51. The lowest BCUT2D eigenvalue weighted by Gasteiger charge is -2.28. The molecule has 2 aromatic heterocycles. The van der Waals surface area contributed by atoms with Gasteiger partial charge in [0.1, 0.15) is 11.6 Å². The quantitative estimate of drug-likeness (QED) is 0.403. The second-order valence-electron chi connectivity index (χ2n) is 10.3. The van der Waals surface area contributed by atoms with Crippen LogP contribution in [-0.4, -0.2) is 62.3 Å². The minimum absolute atomic E-state index is 0.993. The molecule has 0 amide bonds. The van der Waals surface area contributed by atoms with Crippen molar-refractivity contribution in [3.8, 4) is 33.4 Å². The predicted molar refractivity (Wildman–Crippen MR) is 158 cm³/mol. The highest BCUT2D eigenvalue weighted by Gasteiger charge is 2.15. The van der Waals surface area contributed by atoms with E-state index in [2.05, 4.69) is 105 Å². The fraction of sp³-hybridized carbons (Fsp3) is 0.312. The molecule has 0 spiro atoms. The average molecular weight is 505 g/mol. The van der Waals surface area contributed by atoms with Crippen LogP contribution in [0.3, 0.4) is 0 Å². The Morgan fingerprint density at radius 1 is 0.526 bits per heavy atom. The van der Waals surface area contributed by atoms with Gasteiger partial charge in [0, 0.05) is 64.8 Å². The number of aromatic nitrogens is 2. The van der Waals surface area contributed by atoms with Gasteiger partial charge in [-0.05, 0) is 94.8 Å². The Morgan fingerprint density at radius 3 is 1.34 bits per heavy atom. The summed E-state index contributed by atoms with van der Waals surface area (Å²) in [7, 11) is 0. The van der Waals surface area contributed by atoms with E-state index < -0.39 is 0 Å². The number of nitrogens with one attached hydrogen (secondary N) is 2. The SMILES string of the molecule is Cc1ccc(-c2ccnc(N3CCNCC3)c2)cc1-c1cc(-c2ccnc(N3CCNCC3)c2)ccc1C. The van der Waals surface area contributed by atoms with E-state index in [1.54, 1.807) is 0 Å². The third-order valence-corrected chi connectivity index (χ3v) is 7.80. The van der Waals surface area contributed by atoms with Crippen LogP contribution >= 0.6 is 0 Å². The number of pyridine rings is 2. The molecule has 2 aromatic carbocycles. The van der Waals surface area contributed by atoms with Gasteiger partial charge in [-0.1, -0.05) is 24.3 Å². The van der Waals surface area contributed by atoms with Crippen molar-refractivity contribution >= 4 is 11.6 Å². The van der Waals surface area contributed by atoms with Crippen LogP contribution in [0.5, 0.6) is 0 Å². The van der Waals surface area contributed by atoms with E-state index in [0.717, 1.165) is 64.0 Å². The first-order valence-electron chi connectivity index (χ1n) is 13.7. The number of hydrogen-bond acceptors (Lipinski definition) is 6. The Balaban J connectivity index is 1.34. The molecule has 2 fully saturated rings. The summed E-state index contributed by atoms with van der Waals surface area (Å²) < 4.78 is 0. The molecule has 4 aromatic rings. The molecule has 194 valence electrons. The van der Waals surface area contributed by atoms with Crippen LogP contribution in [0, 0.1) is 13.8 Å². The van der Waals surface area contributed by atoms with Crippen molar-refractivity contribution in [2.75, 3.05) is 62.2 Å². The van der Waals surface area contributed by atoms with Crippen molar-refractivity contribution in [3.63, 3.8) is 0 Å². The molecular formula is C32H36N6. The van der Waals surface area contributed by atoms with Crippen LogP contribution in [0.15, 0.2) is 73.1 Å². The Kier molecular flexibility index (Phi) is 7.08. The molecule has 0 aliphatic carbocycles. The van der Waals surface area contributed by atoms with Crippen LogP contribution < -0.4 is 20.4 Å². The van der Waals surface area contributed by atoms with Crippen molar-refractivity contribution in [1.29, 1.82) is 0 Å². The summed E-state index contributed by atoms with van der Waals surface area (Å²) in [5, 5.41) is 6.85. The molecule has 2 aliphatic rings. The minimum Gasteiger partial charge on any atom is -0.354 e. The average Bonchev–Trinajstić information content (AvgIpc) is 2.99. The van der Waals surface area contributed by atoms with Crippen molar-refractivity contribution < 1.29 is 0 Å². The van der Waals surface area contributed by atoms with E-state index in [1.165, 1.54) is 44.5 Å². The topological polar surface area (TPSA) is 56.3 Å². The summed E-state index contributed by atoms with van der Waals surface area (Å²) in [6.07, 6.45) is 3.88. The Morgan fingerprint density at radius 2 is 0.921 bits per heavy atom. The van der Waals surface area contributed by atoms with E-state index in [9.17, 15) is 0 Å². The van der Waals surface area contributed by atoms with E-state index in [4.69, 9.17) is 0 Å². The molecule has 0 atom stereocenters. The van der Waals surface area contributed by atoms with Crippen LogP contribution in [0.4, 0.5) is 11.6 Å². The van der Waals surface area contributed by atoms with Gasteiger partial charge in [-0.3, -0.25) is 0 Å². The van der Waals surface area contributed by atoms with Gasteiger partial charge in [0.15, 0.2) is 0 Å². The second kappa shape index (κ2) is 10.9. The third kappa shape index (κ3) is 5.15. The van der Waals surface area contributed by atoms with Gasteiger partial charge < -0.3 is 20.4 Å². The van der Waals surface area contributed by atoms with Crippen molar-refractivity contribution in [1.82, 2.24) is 20.6 Å². The number of piperazine rings is 2. The smallest absolute Gasteiger partial charge is 0.129 e. The molecule has 0 saturated carbocycles. The summed E-state index contributed by atoms with van der Waals surface area (Å²) >= 11 is 0. The van der Waals surface area contributed by atoms with E-state index in [-0.39, 0.29) is 0 Å². The first-order chi connectivity index (χ1) is 18.7. The lowest BCUT2D eigenvalue weighted by atomic mass is 9.91. The van der Waals surface area contributed by atoms with Crippen LogP contribution in [0.25, 0.3) is 33.4 Å². The lowest BCUT2D eigenvalue weighted by molar-refractivity contribution is 0.585. The van der Waals surface area contributed by atoms with Gasteiger partial charge in [0.2, 0.25) is 0 Å². The maximum absolute atomic E-state index is 4.67. The first-order valence-corrected chi connectivity index (χ1v) is 13.7. The van der Waals surface area contributed by atoms with Gasteiger partial charge in [0.05, 0.1) is 0 Å². The molecular weight excluding hydrogens is 468 g/mol. The summed E-state index contributed by atoms with van der Waals surface area (Å²) in [6, 6.07) is 22.4. The van der Waals surface area contributed by atoms with Crippen LogP contribution in [-0.2, 0) is 0 Å². The van der Waals surface area contributed by atoms with Gasteiger partial charge >= 0.3 is 0 Å². The summed E-state index contributed by atoms with van der Waals surface area (Å²) in [4.78, 5) is 14.1. The number of rotatable bonds is 5. The number of hydrogen-bond donors (Lipinski definition) is 2. The predicted octanol–water partition coefficient (Wildman–Crippen LogP) is 4.91. The number of aryl methyl sites for hydroxylation is 2. The van der Waals surface area contributed by atoms with Gasteiger partial charge in [-0.2, -0.15) is 0 Å². The first kappa shape index (κ1) is 24.6. The van der Waals surface area contributed by atoms with Crippen LogP contribution in [0.1, 0.15) is 11.1 Å². The van der Waals surface area contributed by atoms with Gasteiger partial charge in [0.25, 0.3) is 0 Å². The molecule has 0 unspecified atom stereocenters. The summed E-state index contributed by atoms with van der Waals surface area (Å²) in [5.74, 6) is 2.12.